The van der Waals surface area contributed by atoms with Gasteiger partial charge < -0.3 is 15.1 Å². The summed E-state index contributed by atoms with van der Waals surface area (Å²) in [5, 5.41) is 8.66. The number of piperazine rings is 1. The van der Waals surface area contributed by atoms with Crippen LogP contribution in [0.4, 0.5) is 11.4 Å². The summed E-state index contributed by atoms with van der Waals surface area (Å²) in [5.41, 5.74) is 1.56. The van der Waals surface area contributed by atoms with E-state index in [1.807, 2.05) is 31.2 Å². The summed E-state index contributed by atoms with van der Waals surface area (Å²) in [6.07, 6.45) is 0. The Labute approximate surface area is 170 Å². The molecule has 2 aromatic rings. The van der Waals surface area contributed by atoms with E-state index in [-0.39, 0.29) is 16.8 Å². The number of carbonyl (C=O) groups excluding carboxylic acids is 1. The molecular formula is C19H24ClN4O3S+. The van der Waals surface area contributed by atoms with Gasteiger partial charge in [0, 0.05) is 5.69 Å². The van der Waals surface area contributed by atoms with Crippen LogP contribution in [0.2, 0.25) is 5.02 Å². The van der Waals surface area contributed by atoms with Crippen LogP contribution in [-0.2, 0) is 14.8 Å². The maximum Gasteiger partial charge on any atom is 0.282 e. The van der Waals surface area contributed by atoms with Crippen molar-refractivity contribution in [1.82, 2.24) is 0 Å². The Hall–Kier alpha value is -2.13. The molecule has 0 radical (unpaired) electrons. The Balaban J connectivity index is 1.57. The number of benzene rings is 2. The number of hydrogen-bond donors (Lipinski definition) is 3. The third-order valence-corrected chi connectivity index (χ3v) is 6.30. The molecule has 9 heteroatoms. The van der Waals surface area contributed by atoms with Crippen LogP contribution in [0, 0.1) is 0 Å². The van der Waals surface area contributed by atoms with Gasteiger partial charge in [0.25, 0.3) is 5.91 Å². The molecule has 150 valence electrons. The van der Waals surface area contributed by atoms with Crippen molar-refractivity contribution in [2.24, 2.45) is 5.14 Å². The first kappa shape index (κ1) is 20.6. The Kier molecular flexibility index (Phi) is 6.24. The molecule has 0 spiro atoms. The lowest BCUT2D eigenvalue weighted by atomic mass is 10.2. The fraction of sp³-hybridized carbons (Fsp3) is 0.316. The second kappa shape index (κ2) is 8.48. The number of nitrogens with zero attached hydrogens (tertiary/aromatic N) is 1. The number of hydrogen-bond acceptors (Lipinski definition) is 4. The van der Waals surface area contributed by atoms with Crippen LogP contribution in [0.3, 0.4) is 0 Å². The van der Waals surface area contributed by atoms with Gasteiger partial charge in [-0.15, -0.1) is 0 Å². The summed E-state index contributed by atoms with van der Waals surface area (Å²) < 4.78 is 22.6. The van der Waals surface area contributed by atoms with Gasteiger partial charge in [-0.1, -0.05) is 23.7 Å². The van der Waals surface area contributed by atoms with Crippen LogP contribution in [0.15, 0.2) is 53.4 Å². The molecule has 0 aliphatic carbocycles. The summed E-state index contributed by atoms with van der Waals surface area (Å²) in [7, 11) is -3.74. The van der Waals surface area contributed by atoms with Gasteiger partial charge in [-0.2, -0.15) is 0 Å². The smallest absolute Gasteiger partial charge is 0.282 e. The molecule has 1 heterocycles. The van der Waals surface area contributed by atoms with Gasteiger partial charge in [-0.25, -0.2) is 13.6 Å². The van der Waals surface area contributed by atoms with E-state index >= 15 is 0 Å². The first-order valence-electron chi connectivity index (χ1n) is 9.03. The molecule has 2 aromatic carbocycles. The molecule has 1 fully saturated rings. The molecule has 1 amide bonds. The maximum atomic E-state index is 12.6. The second-order valence-corrected chi connectivity index (χ2v) is 8.85. The Bertz CT molecular complexity index is 942. The van der Waals surface area contributed by atoms with Crippen LogP contribution in [-0.4, -0.2) is 46.5 Å². The Morgan fingerprint density at radius 3 is 2.32 bits per heavy atom. The highest BCUT2D eigenvalue weighted by molar-refractivity contribution is 7.89. The normalized spacial score (nSPS) is 16.6. The molecule has 1 atom stereocenters. The van der Waals surface area contributed by atoms with E-state index in [0.29, 0.717) is 5.69 Å². The minimum Gasteiger partial charge on any atom is -0.359 e. The van der Waals surface area contributed by atoms with Crippen molar-refractivity contribution < 1.29 is 18.1 Å². The summed E-state index contributed by atoms with van der Waals surface area (Å²) in [6, 6.07) is 13.4. The summed E-state index contributed by atoms with van der Waals surface area (Å²) in [6.45, 7) is 5.18. The molecular weight excluding hydrogens is 400 g/mol. The number of amides is 1. The molecule has 1 aliphatic heterocycles. The number of rotatable bonds is 5. The SMILES string of the molecule is C[C@@H](C(=O)Nc1ccc(S(N)(=O)=O)cc1)[NH+]1CCN(c2ccccc2Cl)CC1. The zero-order valence-corrected chi connectivity index (χ0v) is 17.1. The summed E-state index contributed by atoms with van der Waals surface area (Å²) >= 11 is 6.28. The summed E-state index contributed by atoms with van der Waals surface area (Å²) in [5.74, 6) is -0.107. The number of nitrogens with one attached hydrogen (secondary N) is 2. The Morgan fingerprint density at radius 1 is 1.14 bits per heavy atom. The molecule has 1 aliphatic rings. The highest BCUT2D eigenvalue weighted by Crippen LogP contribution is 2.24. The van der Waals surface area contributed by atoms with Crippen LogP contribution < -0.4 is 20.3 Å². The maximum absolute atomic E-state index is 12.6. The quantitative estimate of drug-likeness (QED) is 0.660. The van der Waals surface area contributed by atoms with Crippen molar-refractivity contribution in [3.05, 3.63) is 53.6 Å². The van der Waals surface area contributed by atoms with Gasteiger partial charge in [0.2, 0.25) is 10.0 Å². The second-order valence-electron chi connectivity index (χ2n) is 6.88. The number of anilines is 2. The third kappa shape index (κ3) is 4.82. The molecule has 4 N–H and O–H groups in total. The van der Waals surface area contributed by atoms with E-state index in [1.54, 1.807) is 0 Å². The fourth-order valence-electron chi connectivity index (χ4n) is 3.34. The van der Waals surface area contributed by atoms with Crippen molar-refractivity contribution in [2.45, 2.75) is 17.9 Å². The summed E-state index contributed by atoms with van der Waals surface area (Å²) in [4.78, 5) is 16.0. The van der Waals surface area contributed by atoms with Crippen molar-refractivity contribution in [1.29, 1.82) is 0 Å². The van der Waals surface area contributed by atoms with Gasteiger partial charge in [-0.3, -0.25) is 4.79 Å². The van der Waals surface area contributed by atoms with Crippen molar-refractivity contribution in [2.75, 3.05) is 36.4 Å². The highest BCUT2D eigenvalue weighted by Gasteiger charge is 2.29. The van der Waals surface area contributed by atoms with Gasteiger partial charge in [0.1, 0.15) is 0 Å². The standard InChI is InChI=1S/C19H23ClN4O3S/c1-14(19(25)22-15-6-8-16(9-7-15)28(21,26)27)23-10-12-24(13-11-23)18-5-3-2-4-17(18)20/h2-9,14H,10-13H2,1H3,(H,22,25)(H2,21,26,27)/p+1/t14-/m0/s1. The minimum atomic E-state index is -3.74. The number of para-hydroxylation sites is 1. The molecule has 0 bridgehead atoms. The van der Waals surface area contributed by atoms with Crippen LogP contribution in [0.25, 0.3) is 0 Å². The minimum absolute atomic E-state index is 0.0138. The molecule has 0 aromatic heterocycles. The predicted molar refractivity (Wildman–Crippen MR) is 110 cm³/mol. The van der Waals surface area contributed by atoms with E-state index < -0.39 is 10.0 Å². The third-order valence-electron chi connectivity index (χ3n) is 5.05. The van der Waals surface area contributed by atoms with Crippen molar-refractivity contribution in [3.63, 3.8) is 0 Å². The largest absolute Gasteiger partial charge is 0.359 e. The molecule has 3 rings (SSSR count). The van der Waals surface area contributed by atoms with Crippen LogP contribution in [0.5, 0.6) is 0 Å². The molecule has 0 saturated carbocycles. The van der Waals surface area contributed by atoms with Crippen LogP contribution in [0.1, 0.15) is 6.92 Å². The lowest BCUT2D eigenvalue weighted by Gasteiger charge is -2.36. The fourth-order valence-corrected chi connectivity index (χ4v) is 4.11. The number of sulfonamides is 1. The monoisotopic (exact) mass is 423 g/mol. The molecule has 0 unspecified atom stereocenters. The van der Waals surface area contributed by atoms with Gasteiger partial charge >= 0.3 is 0 Å². The Morgan fingerprint density at radius 2 is 1.75 bits per heavy atom. The van der Waals surface area contributed by atoms with E-state index in [2.05, 4.69) is 10.2 Å². The van der Waals surface area contributed by atoms with Crippen LogP contribution >= 0.6 is 11.6 Å². The lowest BCUT2D eigenvalue weighted by molar-refractivity contribution is -0.914. The van der Waals surface area contributed by atoms with E-state index in [1.165, 1.54) is 29.2 Å². The lowest BCUT2D eigenvalue weighted by Crippen LogP contribution is -3.19. The molecule has 7 nitrogen and oxygen atoms in total. The number of primary sulfonamides is 1. The predicted octanol–water partition coefficient (Wildman–Crippen LogP) is 0.720. The van der Waals surface area contributed by atoms with E-state index in [9.17, 15) is 13.2 Å². The van der Waals surface area contributed by atoms with Gasteiger partial charge in [0.15, 0.2) is 6.04 Å². The average molecular weight is 424 g/mol. The molecule has 1 saturated heterocycles. The molecule has 28 heavy (non-hydrogen) atoms. The first-order chi connectivity index (χ1) is 13.3. The number of halogens is 1. The van der Waals surface area contributed by atoms with E-state index in [4.69, 9.17) is 16.7 Å². The zero-order valence-electron chi connectivity index (χ0n) is 15.6. The number of nitrogens with two attached hydrogens (primary N) is 1. The topological polar surface area (TPSA) is 96.9 Å². The number of quaternary nitrogens is 1. The van der Waals surface area contributed by atoms with Crippen molar-refractivity contribution in [3.8, 4) is 0 Å². The number of carbonyl (C=O) groups is 1. The van der Waals surface area contributed by atoms with Crippen molar-refractivity contribution >= 4 is 38.9 Å². The highest BCUT2D eigenvalue weighted by atomic mass is 35.5. The average Bonchev–Trinajstić information content (AvgIpc) is 2.67. The van der Waals surface area contributed by atoms with E-state index in [0.717, 1.165) is 36.9 Å². The first-order valence-corrected chi connectivity index (χ1v) is 11.0. The van der Waals surface area contributed by atoms with Gasteiger partial charge in [0.05, 0.1) is 41.8 Å². The van der Waals surface area contributed by atoms with Gasteiger partial charge in [-0.05, 0) is 43.3 Å². The zero-order chi connectivity index (χ0) is 20.3.